The van der Waals surface area contributed by atoms with E-state index in [1.54, 1.807) is 0 Å². The van der Waals surface area contributed by atoms with Crippen LogP contribution in [0.25, 0.3) is 0 Å². The largest absolute Gasteiger partial charge is 0.457 e. The molecule has 0 unspecified atom stereocenters. The van der Waals surface area contributed by atoms with Crippen LogP contribution in [0.3, 0.4) is 0 Å². The molecule has 20 heavy (non-hydrogen) atoms. The van der Waals surface area contributed by atoms with Crippen LogP contribution >= 0.6 is 15.9 Å². The minimum Gasteiger partial charge on any atom is -0.457 e. The van der Waals surface area contributed by atoms with Crippen LogP contribution in [0.1, 0.15) is 24.5 Å². The molecule has 0 bridgehead atoms. The fraction of sp³-hybridized carbons (Fsp3) is 0.294. The second-order valence-corrected chi connectivity index (χ2v) is 5.76. The van der Waals surface area contributed by atoms with Gasteiger partial charge in [0, 0.05) is 16.6 Å². The van der Waals surface area contributed by atoms with Crippen LogP contribution in [0.2, 0.25) is 0 Å². The molecule has 1 N–H and O–H groups in total. The number of rotatable bonds is 6. The molecule has 3 heteroatoms. The Morgan fingerprint density at radius 1 is 1.15 bits per heavy atom. The molecule has 0 saturated heterocycles. The molecule has 0 radical (unpaired) electrons. The van der Waals surface area contributed by atoms with Gasteiger partial charge in [0.05, 0.1) is 0 Å². The first-order valence-electron chi connectivity index (χ1n) is 6.92. The number of benzene rings is 2. The summed E-state index contributed by atoms with van der Waals surface area (Å²) in [5.41, 5.74) is 2.44. The van der Waals surface area contributed by atoms with Crippen LogP contribution < -0.4 is 10.1 Å². The second kappa shape index (κ2) is 7.46. The number of aryl methyl sites for hydroxylation is 1. The van der Waals surface area contributed by atoms with Crippen LogP contribution in [0, 0.1) is 6.92 Å². The quantitative estimate of drug-likeness (QED) is 0.747. The fourth-order valence-corrected chi connectivity index (χ4v) is 2.38. The molecular formula is C17H20BrNO. The smallest absolute Gasteiger partial charge is 0.131 e. The van der Waals surface area contributed by atoms with E-state index in [9.17, 15) is 0 Å². The van der Waals surface area contributed by atoms with E-state index < -0.39 is 0 Å². The zero-order valence-electron chi connectivity index (χ0n) is 11.9. The molecule has 0 heterocycles. The Hall–Kier alpha value is -1.32. The zero-order chi connectivity index (χ0) is 14.4. The summed E-state index contributed by atoms with van der Waals surface area (Å²) in [5.74, 6) is 1.76. The molecular weight excluding hydrogens is 314 g/mol. The van der Waals surface area contributed by atoms with E-state index in [1.807, 2.05) is 30.3 Å². The topological polar surface area (TPSA) is 21.3 Å². The average Bonchev–Trinajstić information content (AvgIpc) is 2.42. The van der Waals surface area contributed by atoms with E-state index in [-0.39, 0.29) is 0 Å². The van der Waals surface area contributed by atoms with Gasteiger partial charge < -0.3 is 10.1 Å². The number of halogens is 1. The Balaban J connectivity index is 2.17. The van der Waals surface area contributed by atoms with Gasteiger partial charge >= 0.3 is 0 Å². The van der Waals surface area contributed by atoms with Crippen molar-refractivity contribution in [3.63, 3.8) is 0 Å². The van der Waals surface area contributed by atoms with E-state index >= 15 is 0 Å². The maximum absolute atomic E-state index is 6.01. The van der Waals surface area contributed by atoms with Gasteiger partial charge in [-0.1, -0.05) is 46.6 Å². The van der Waals surface area contributed by atoms with Gasteiger partial charge in [0.15, 0.2) is 0 Å². The summed E-state index contributed by atoms with van der Waals surface area (Å²) in [6, 6.07) is 14.2. The summed E-state index contributed by atoms with van der Waals surface area (Å²) in [6.45, 7) is 6.12. The second-order valence-electron chi connectivity index (χ2n) is 4.85. The van der Waals surface area contributed by atoms with E-state index in [0.717, 1.165) is 35.5 Å². The van der Waals surface area contributed by atoms with Gasteiger partial charge in [0.25, 0.3) is 0 Å². The lowest BCUT2D eigenvalue weighted by atomic mass is 10.1. The highest BCUT2D eigenvalue weighted by Crippen LogP contribution is 2.28. The molecule has 0 aromatic heterocycles. The van der Waals surface area contributed by atoms with Gasteiger partial charge in [-0.15, -0.1) is 0 Å². The van der Waals surface area contributed by atoms with E-state index in [4.69, 9.17) is 4.74 Å². The van der Waals surface area contributed by atoms with Gasteiger partial charge in [-0.2, -0.15) is 0 Å². The van der Waals surface area contributed by atoms with Crippen molar-refractivity contribution in [1.29, 1.82) is 0 Å². The number of hydrogen-bond donors (Lipinski definition) is 1. The minimum absolute atomic E-state index is 0.832. The first kappa shape index (κ1) is 15.1. The van der Waals surface area contributed by atoms with Crippen molar-refractivity contribution < 1.29 is 4.74 Å². The molecule has 2 aromatic carbocycles. The van der Waals surface area contributed by atoms with Crippen LogP contribution in [0.15, 0.2) is 46.9 Å². The molecule has 0 amide bonds. The van der Waals surface area contributed by atoms with Gasteiger partial charge in [0.1, 0.15) is 11.5 Å². The van der Waals surface area contributed by atoms with Gasteiger partial charge in [-0.3, -0.25) is 0 Å². The van der Waals surface area contributed by atoms with Crippen molar-refractivity contribution in [2.24, 2.45) is 0 Å². The highest BCUT2D eigenvalue weighted by molar-refractivity contribution is 9.10. The monoisotopic (exact) mass is 333 g/mol. The highest BCUT2D eigenvalue weighted by Gasteiger charge is 2.05. The number of ether oxygens (including phenoxy) is 1. The minimum atomic E-state index is 0.832. The third-order valence-corrected chi connectivity index (χ3v) is 3.48. The summed E-state index contributed by atoms with van der Waals surface area (Å²) < 4.78 is 7.03. The standard InChI is InChI=1S/C17H20BrNO/c1-3-9-19-12-14-10-13(2)7-8-17(14)20-16-6-4-5-15(18)11-16/h4-8,10-11,19H,3,9,12H2,1-2H3. The first-order valence-corrected chi connectivity index (χ1v) is 7.72. The molecule has 0 fully saturated rings. The third kappa shape index (κ3) is 4.36. The first-order chi connectivity index (χ1) is 9.69. The molecule has 0 aliphatic rings. The number of nitrogens with one attached hydrogen (secondary N) is 1. The average molecular weight is 334 g/mol. The number of hydrogen-bond acceptors (Lipinski definition) is 2. The van der Waals surface area contributed by atoms with Crippen molar-refractivity contribution in [3.05, 3.63) is 58.1 Å². The molecule has 106 valence electrons. The molecule has 2 aromatic rings. The highest BCUT2D eigenvalue weighted by atomic mass is 79.9. The van der Waals surface area contributed by atoms with Crippen LogP contribution in [0.5, 0.6) is 11.5 Å². The van der Waals surface area contributed by atoms with Crippen LogP contribution in [-0.4, -0.2) is 6.54 Å². The fourth-order valence-electron chi connectivity index (χ4n) is 2.00. The Morgan fingerprint density at radius 3 is 2.75 bits per heavy atom. The summed E-state index contributed by atoms with van der Waals surface area (Å²) in [4.78, 5) is 0. The van der Waals surface area contributed by atoms with Crippen molar-refractivity contribution in [2.75, 3.05) is 6.54 Å². The molecule has 2 nitrogen and oxygen atoms in total. The lowest BCUT2D eigenvalue weighted by Crippen LogP contribution is -2.14. The SMILES string of the molecule is CCCNCc1cc(C)ccc1Oc1cccc(Br)c1. The third-order valence-electron chi connectivity index (χ3n) is 2.98. The Kier molecular flexibility index (Phi) is 5.62. The van der Waals surface area contributed by atoms with Gasteiger partial charge in [-0.05, 0) is 44.2 Å². The summed E-state index contributed by atoms with van der Waals surface area (Å²) >= 11 is 3.46. The Bertz CT molecular complexity index is 569. The normalized spacial score (nSPS) is 10.6. The van der Waals surface area contributed by atoms with Crippen molar-refractivity contribution in [2.45, 2.75) is 26.8 Å². The predicted molar refractivity (Wildman–Crippen MR) is 87.4 cm³/mol. The van der Waals surface area contributed by atoms with E-state index in [0.29, 0.717) is 0 Å². The van der Waals surface area contributed by atoms with E-state index in [1.165, 1.54) is 11.1 Å². The molecule has 0 aliphatic heterocycles. The van der Waals surface area contributed by atoms with Crippen LogP contribution in [0.4, 0.5) is 0 Å². The predicted octanol–water partition coefficient (Wildman–Crippen LogP) is 5.05. The van der Waals surface area contributed by atoms with Gasteiger partial charge in [-0.25, -0.2) is 0 Å². The lowest BCUT2D eigenvalue weighted by Gasteiger charge is -2.13. The zero-order valence-corrected chi connectivity index (χ0v) is 13.5. The maximum Gasteiger partial charge on any atom is 0.131 e. The molecule has 0 atom stereocenters. The summed E-state index contributed by atoms with van der Waals surface area (Å²) in [5, 5.41) is 3.43. The van der Waals surface area contributed by atoms with Crippen molar-refractivity contribution in [3.8, 4) is 11.5 Å². The van der Waals surface area contributed by atoms with Gasteiger partial charge in [0.2, 0.25) is 0 Å². The molecule has 0 saturated carbocycles. The van der Waals surface area contributed by atoms with Crippen molar-refractivity contribution >= 4 is 15.9 Å². The Labute approximate surface area is 129 Å². The molecule has 0 spiro atoms. The summed E-state index contributed by atoms with van der Waals surface area (Å²) in [7, 11) is 0. The van der Waals surface area contributed by atoms with Crippen LogP contribution in [-0.2, 0) is 6.54 Å². The summed E-state index contributed by atoms with van der Waals surface area (Å²) in [6.07, 6.45) is 1.13. The van der Waals surface area contributed by atoms with E-state index in [2.05, 4.69) is 47.2 Å². The lowest BCUT2D eigenvalue weighted by molar-refractivity contribution is 0.472. The Morgan fingerprint density at radius 2 is 2.00 bits per heavy atom. The van der Waals surface area contributed by atoms with Crippen molar-refractivity contribution in [1.82, 2.24) is 5.32 Å². The molecule has 2 rings (SSSR count). The maximum atomic E-state index is 6.01. The molecule has 0 aliphatic carbocycles.